The highest BCUT2D eigenvalue weighted by Crippen LogP contribution is 2.32. The summed E-state index contributed by atoms with van der Waals surface area (Å²) < 4.78 is 27.9. The van der Waals surface area contributed by atoms with Crippen molar-refractivity contribution < 1.29 is 13.2 Å². The van der Waals surface area contributed by atoms with Gasteiger partial charge in [0.15, 0.2) is 0 Å². The van der Waals surface area contributed by atoms with Crippen LogP contribution in [-0.4, -0.2) is 15.5 Å². The molecule has 21 heavy (non-hydrogen) atoms. The molecular formula is C13H14ClN3O3S. The number of ether oxygens (including phenoxy) is 1. The van der Waals surface area contributed by atoms with Gasteiger partial charge in [-0.15, -0.1) is 0 Å². The van der Waals surface area contributed by atoms with Crippen molar-refractivity contribution >= 4 is 38.7 Å². The molecule has 0 aromatic heterocycles. The molecule has 0 amide bonds. The van der Waals surface area contributed by atoms with Crippen LogP contribution in [0.2, 0.25) is 5.02 Å². The SMILES string of the molecule is COc1ccc(Nc2cccc(S(N)(=O)=O)c2N)cc1Cl. The zero-order chi connectivity index (χ0) is 15.6. The fourth-order valence-electron chi connectivity index (χ4n) is 1.80. The van der Waals surface area contributed by atoms with Gasteiger partial charge in [-0.1, -0.05) is 17.7 Å². The molecular weight excluding hydrogens is 314 g/mol. The lowest BCUT2D eigenvalue weighted by molar-refractivity contribution is 0.415. The van der Waals surface area contributed by atoms with Crippen molar-refractivity contribution in [1.29, 1.82) is 0 Å². The molecule has 2 rings (SSSR count). The molecule has 0 aliphatic heterocycles. The summed E-state index contributed by atoms with van der Waals surface area (Å²) in [6.45, 7) is 0. The maximum absolute atomic E-state index is 11.4. The normalized spacial score (nSPS) is 11.2. The molecule has 0 aliphatic carbocycles. The molecule has 2 aromatic carbocycles. The van der Waals surface area contributed by atoms with Crippen LogP contribution in [-0.2, 0) is 10.0 Å². The molecule has 0 spiro atoms. The number of hydrogen-bond acceptors (Lipinski definition) is 5. The summed E-state index contributed by atoms with van der Waals surface area (Å²) in [7, 11) is -2.36. The van der Waals surface area contributed by atoms with Crippen LogP contribution in [0.5, 0.6) is 5.75 Å². The Hall–Kier alpha value is -1.96. The first-order valence-electron chi connectivity index (χ1n) is 5.85. The molecule has 0 unspecified atom stereocenters. The van der Waals surface area contributed by atoms with Gasteiger partial charge in [0, 0.05) is 5.69 Å². The zero-order valence-electron chi connectivity index (χ0n) is 11.1. The van der Waals surface area contributed by atoms with Crippen LogP contribution in [0.3, 0.4) is 0 Å². The molecule has 8 heteroatoms. The molecule has 0 saturated carbocycles. The van der Waals surface area contributed by atoms with Crippen LogP contribution in [0.15, 0.2) is 41.3 Å². The van der Waals surface area contributed by atoms with Gasteiger partial charge in [-0.2, -0.15) is 0 Å². The van der Waals surface area contributed by atoms with Crippen molar-refractivity contribution in [3.8, 4) is 5.75 Å². The van der Waals surface area contributed by atoms with Crippen molar-refractivity contribution in [2.24, 2.45) is 5.14 Å². The summed E-state index contributed by atoms with van der Waals surface area (Å²) in [6, 6.07) is 9.59. The third kappa shape index (κ3) is 3.38. The number of nitrogens with two attached hydrogens (primary N) is 2. The third-order valence-electron chi connectivity index (χ3n) is 2.80. The van der Waals surface area contributed by atoms with Gasteiger partial charge < -0.3 is 15.8 Å². The second kappa shape index (κ2) is 5.80. The second-order valence-electron chi connectivity index (χ2n) is 4.24. The summed E-state index contributed by atoms with van der Waals surface area (Å²) in [4.78, 5) is -0.132. The van der Waals surface area contributed by atoms with E-state index in [4.69, 9.17) is 27.2 Å². The Morgan fingerprint density at radius 2 is 1.95 bits per heavy atom. The molecule has 0 aliphatic rings. The van der Waals surface area contributed by atoms with Gasteiger partial charge in [-0.3, -0.25) is 0 Å². The van der Waals surface area contributed by atoms with Crippen LogP contribution in [0.25, 0.3) is 0 Å². The van der Waals surface area contributed by atoms with E-state index in [1.807, 2.05) is 0 Å². The first-order valence-corrected chi connectivity index (χ1v) is 7.77. The number of rotatable bonds is 4. The Bertz CT molecular complexity index is 778. The average molecular weight is 328 g/mol. The van der Waals surface area contributed by atoms with Gasteiger partial charge in [0.2, 0.25) is 10.0 Å². The predicted molar refractivity (Wildman–Crippen MR) is 83.5 cm³/mol. The number of primary sulfonamides is 1. The van der Waals surface area contributed by atoms with E-state index in [0.717, 1.165) is 0 Å². The van der Waals surface area contributed by atoms with Crippen LogP contribution in [0, 0.1) is 0 Å². The smallest absolute Gasteiger partial charge is 0.240 e. The van der Waals surface area contributed by atoms with Crippen molar-refractivity contribution in [1.82, 2.24) is 0 Å². The van der Waals surface area contributed by atoms with Crippen LogP contribution < -0.4 is 20.9 Å². The van der Waals surface area contributed by atoms with Crippen molar-refractivity contribution in [2.45, 2.75) is 4.90 Å². The van der Waals surface area contributed by atoms with Gasteiger partial charge in [0.1, 0.15) is 10.6 Å². The third-order valence-corrected chi connectivity index (χ3v) is 4.07. The number of para-hydroxylation sites is 1. The van der Waals surface area contributed by atoms with Crippen LogP contribution in [0.1, 0.15) is 0 Å². The van der Waals surface area contributed by atoms with E-state index in [9.17, 15) is 8.42 Å². The molecule has 6 nitrogen and oxygen atoms in total. The Kier molecular flexibility index (Phi) is 4.26. The number of halogens is 1. The second-order valence-corrected chi connectivity index (χ2v) is 6.17. The van der Waals surface area contributed by atoms with Crippen molar-refractivity contribution in [3.63, 3.8) is 0 Å². The van der Waals surface area contributed by atoms with E-state index in [1.165, 1.54) is 13.2 Å². The Morgan fingerprint density at radius 3 is 2.52 bits per heavy atom. The maximum Gasteiger partial charge on any atom is 0.240 e. The Balaban J connectivity index is 2.39. The molecule has 0 atom stereocenters. The Morgan fingerprint density at radius 1 is 1.24 bits per heavy atom. The van der Waals surface area contributed by atoms with Gasteiger partial charge in [0.25, 0.3) is 0 Å². The molecule has 0 heterocycles. The van der Waals surface area contributed by atoms with Gasteiger partial charge in [-0.05, 0) is 30.3 Å². The Labute approximate surface area is 127 Å². The molecule has 0 fully saturated rings. The van der Waals surface area contributed by atoms with Gasteiger partial charge >= 0.3 is 0 Å². The number of nitrogen functional groups attached to an aromatic ring is 1. The minimum atomic E-state index is -3.88. The summed E-state index contributed by atoms with van der Waals surface area (Å²) in [6.07, 6.45) is 0. The van der Waals surface area contributed by atoms with Crippen molar-refractivity contribution in [3.05, 3.63) is 41.4 Å². The minimum Gasteiger partial charge on any atom is -0.495 e. The quantitative estimate of drug-likeness (QED) is 0.747. The fourth-order valence-corrected chi connectivity index (χ4v) is 2.74. The first kappa shape index (κ1) is 15.4. The lowest BCUT2D eigenvalue weighted by Crippen LogP contribution is -2.15. The lowest BCUT2D eigenvalue weighted by Gasteiger charge is -2.13. The highest BCUT2D eigenvalue weighted by atomic mass is 35.5. The number of sulfonamides is 1. The number of anilines is 3. The molecule has 0 radical (unpaired) electrons. The van der Waals surface area contributed by atoms with Crippen molar-refractivity contribution in [2.75, 3.05) is 18.2 Å². The van der Waals surface area contributed by atoms with E-state index in [1.54, 1.807) is 30.3 Å². The van der Waals surface area contributed by atoms with E-state index >= 15 is 0 Å². The molecule has 0 bridgehead atoms. The summed E-state index contributed by atoms with van der Waals surface area (Å²) in [5.41, 5.74) is 6.94. The number of methoxy groups -OCH3 is 1. The minimum absolute atomic E-state index is 0.0481. The highest BCUT2D eigenvalue weighted by Gasteiger charge is 2.15. The summed E-state index contributed by atoms with van der Waals surface area (Å²) in [5.74, 6) is 0.536. The standard InChI is InChI=1S/C13H14ClN3O3S/c1-20-11-6-5-8(7-9(11)14)17-10-3-2-4-12(13(10)15)21(16,18)19/h2-7,17H,15H2,1H3,(H2,16,18,19). The first-order chi connectivity index (χ1) is 9.82. The number of hydrogen-bond donors (Lipinski definition) is 3. The van der Waals surface area contributed by atoms with Crippen LogP contribution in [0.4, 0.5) is 17.1 Å². The lowest BCUT2D eigenvalue weighted by atomic mass is 10.2. The van der Waals surface area contributed by atoms with Gasteiger partial charge in [0.05, 0.1) is 23.5 Å². The zero-order valence-corrected chi connectivity index (χ0v) is 12.7. The molecule has 2 aromatic rings. The van der Waals surface area contributed by atoms with E-state index in [-0.39, 0.29) is 10.6 Å². The summed E-state index contributed by atoms with van der Waals surface area (Å²) in [5, 5.41) is 8.52. The predicted octanol–water partition coefficient (Wildman–Crippen LogP) is 2.32. The van der Waals surface area contributed by atoms with Crippen LogP contribution >= 0.6 is 11.6 Å². The number of nitrogens with one attached hydrogen (secondary N) is 1. The topological polar surface area (TPSA) is 107 Å². The summed E-state index contributed by atoms with van der Waals surface area (Å²) >= 11 is 6.03. The average Bonchev–Trinajstić information content (AvgIpc) is 2.40. The van der Waals surface area contributed by atoms with Gasteiger partial charge in [-0.25, -0.2) is 13.6 Å². The largest absolute Gasteiger partial charge is 0.495 e. The van der Waals surface area contributed by atoms with E-state index < -0.39 is 10.0 Å². The molecule has 112 valence electrons. The van der Waals surface area contributed by atoms with E-state index in [0.29, 0.717) is 22.1 Å². The van der Waals surface area contributed by atoms with E-state index in [2.05, 4.69) is 5.32 Å². The fraction of sp³-hybridized carbons (Fsp3) is 0.0769. The maximum atomic E-state index is 11.4. The highest BCUT2D eigenvalue weighted by molar-refractivity contribution is 7.89. The molecule has 0 saturated heterocycles. The number of benzene rings is 2. The monoisotopic (exact) mass is 327 g/mol. The molecule has 5 N–H and O–H groups in total.